The number of benzene rings is 1. The first-order chi connectivity index (χ1) is 9.51. The van der Waals surface area contributed by atoms with Crippen molar-refractivity contribution in [3.8, 4) is 0 Å². The Morgan fingerprint density at radius 1 is 1.35 bits per heavy atom. The summed E-state index contributed by atoms with van der Waals surface area (Å²) in [7, 11) is 1.31. The van der Waals surface area contributed by atoms with Crippen LogP contribution in [0, 0.1) is 17.7 Å². The van der Waals surface area contributed by atoms with Crippen LogP contribution in [0.4, 0.5) is 10.1 Å². The van der Waals surface area contributed by atoms with E-state index in [1.807, 2.05) is 0 Å². The molecule has 0 heterocycles. The molecule has 0 amide bonds. The second-order valence-corrected chi connectivity index (χ2v) is 5.83. The number of carbonyl (C=O) groups is 1. The highest BCUT2D eigenvalue weighted by Crippen LogP contribution is 2.31. The van der Waals surface area contributed by atoms with Gasteiger partial charge in [-0.1, -0.05) is 13.8 Å². The fraction of sp³-hybridized carbons (Fsp3) is 0.562. The number of methoxy groups -OCH3 is 1. The molecule has 0 aliphatic heterocycles. The summed E-state index contributed by atoms with van der Waals surface area (Å²) >= 11 is 0. The van der Waals surface area contributed by atoms with Gasteiger partial charge in [0.1, 0.15) is 5.82 Å². The highest BCUT2D eigenvalue weighted by Gasteiger charge is 2.26. The molecule has 2 rings (SSSR count). The zero-order valence-corrected chi connectivity index (χ0v) is 12.3. The minimum Gasteiger partial charge on any atom is -0.465 e. The quantitative estimate of drug-likeness (QED) is 0.854. The molecule has 1 aromatic carbocycles. The summed E-state index contributed by atoms with van der Waals surface area (Å²) in [5, 5.41) is 3.39. The van der Waals surface area contributed by atoms with Gasteiger partial charge >= 0.3 is 5.97 Å². The molecule has 1 aliphatic carbocycles. The smallest absolute Gasteiger partial charge is 0.340 e. The third-order valence-electron chi connectivity index (χ3n) is 4.16. The Hall–Kier alpha value is -1.58. The molecule has 1 aromatic rings. The first-order valence-corrected chi connectivity index (χ1v) is 7.15. The lowest BCUT2D eigenvalue weighted by atomic mass is 9.80. The van der Waals surface area contributed by atoms with Crippen molar-refractivity contribution < 1.29 is 13.9 Å². The molecule has 0 saturated heterocycles. The standard InChI is InChI=1S/C16H22FNO2/c1-10-4-6-14(11(2)8-10)18-15-7-5-12(17)9-13(15)16(19)20-3/h5,7,9-11,14,18H,4,6,8H2,1-3H3. The molecule has 1 aliphatic rings. The highest BCUT2D eigenvalue weighted by atomic mass is 19.1. The molecule has 110 valence electrons. The second-order valence-electron chi connectivity index (χ2n) is 5.83. The van der Waals surface area contributed by atoms with E-state index in [2.05, 4.69) is 19.2 Å². The Kier molecular flexibility index (Phi) is 4.63. The van der Waals surface area contributed by atoms with E-state index < -0.39 is 11.8 Å². The number of hydrogen-bond donors (Lipinski definition) is 1. The largest absolute Gasteiger partial charge is 0.465 e. The lowest BCUT2D eigenvalue weighted by Crippen LogP contribution is -2.33. The number of nitrogens with one attached hydrogen (secondary N) is 1. The summed E-state index contributed by atoms with van der Waals surface area (Å²) in [5.41, 5.74) is 0.919. The van der Waals surface area contributed by atoms with Crippen LogP contribution in [0.1, 0.15) is 43.5 Å². The Labute approximate surface area is 119 Å². The van der Waals surface area contributed by atoms with Crippen molar-refractivity contribution in [1.29, 1.82) is 0 Å². The third kappa shape index (κ3) is 3.30. The number of carbonyl (C=O) groups excluding carboxylic acids is 1. The average Bonchev–Trinajstić information content (AvgIpc) is 2.42. The van der Waals surface area contributed by atoms with Crippen molar-refractivity contribution in [2.75, 3.05) is 12.4 Å². The Bertz CT molecular complexity index is 489. The zero-order chi connectivity index (χ0) is 14.7. The normalized spacial score (nSPS) is 26.1. The van der Waals surface area contributed by atoms with Crippen molar-refractivity contribution in [2.45, 2.75) is 39.2 Å². The number of esters is 1. The molecule has 3 nitrogen and oxygen atoms in total. The summed E-state index contributed by atoms with van der Waals surface area (Å²) < 4.78 is 18.0. The Balaban J connectivity index is 2.18. The fourth-order valence-corrected chi connectivity index (χ4v) is 3.00. The maximum absolute atomic E-state index is 13.3. The Morgan fingerprint density at radius 3 is 2.75 bits per heavy atom. The summed E-state index contributed by atoms with van der Waals surface area (Å²) in [6.07, 6.45) is 3.42. The average molecular weight is 279 g/mol. The molecule has 3 atom stereocenters. The maximum atomic E-state index is 13.3. The van der Waals surface area contributed by atoms with E-state index in [4.69, 9.17) is 4.74 Å². The lowest BCUT2D eigenvalue weighted by molar-refractivity contribution is 0.0601. The molecule has 0 aromatic heterocycles. The molecule has 3 unspecified atom stereocenters. The molecule has 1 N–H and O–H groups in total. The molecule has 0 bridgehead atoms. The predicted molar refractivity (Wildman–Crippen MR) is 77.3 cm³/mol. The Morgan fingerprint density at radius 2 is 2.10 bits per heavy atom. The first-order valence-electron chi connectivity index (χ1n) is 7.15. The van der Waals surface area contributed by atoms with Crippen molar-refractivity contribution in [3.05, 3.63) is 29.6 Å². The maximum Gasteiger partial charge on any atom is 0.340 e. The summed E-state index contributed by atoms with van der Waals surface area (Å²) in [5.74, 6) is 0.343. The molecule has 20 heavy (non-hydrogen) atoms. The van der Waals surface area contributed by atoms with Crippen molar-refractivity contribution in [2.24, 2.45) is 11.8 Å². The molecule has 0 spiro atoms. The van der Waals surface area contributed by atoms with Gasteiger partial charge in [0.25, 0.3) is 0 Å². The van der Waals surface area contributed by atoms with Crippen LogP contribution in [0.3, 0.4) is 0 Å². The van der Waals surface area contributed by atoms with Crippen LogP contribution in [0.25, 0.3) is 0 Å². The zero-order valence-electron chi connectivity index (χ0n) is 12.3. The lowest BCUT2D eigenvalue weighted by Gasteiger charge is -2.34. The van der Waals surface area contributed by atoms with Crippen LogP contribution in [-0.4, -0.2) is 19.1 Å². The van der Waals surface area contributed by atoms with Crippen LogP contribution in [0.2, 0.25) is 0 Å². The minimum atomic E-state index is -0.510. The molecule has 4 heteroatoms. The van der Waals surface area contributed by atoms with Crippen molar-refractivity contribution >= 4 is 11.7 Å². The number of rotatable bonds is 3. The second kappa shape index (κ2) is 6.25. The van der Waals surface area contributed by atoms with Crippen LogP contribution < -0.4 is 5.32 Å². The monoisotopic (exact) mass is 279 g/mol. The SMILES string of the molecule is COC(=O)c1cc(F)ccc1NC1CCC(C)CC1C. The van der Waals surface area contributed by atoms with E-state index in [1.165, 1.54) is 32.1 Å². The van der Waals surface area contributed by atoms with Gasteiger partial charge in [-0.3, -0.25) is 0 Å². The van der Waals surface area contributed by atoms with E-state index in [9.17, 15) is 9.18 Å². The van der Waals surface area contributed by atoms with Crippen molar-refractivity contribution in [1.82, 2.24) is 0 Å². The van der Waals surface area contributed by atoms with Crippen molar-refractivity contribution in [3.63, 3.8) is 0 Å². The topological polar surface area (TPSA) is 38.3 Å². The highest BCUT2D eigenvalue weighted by molar-refractivity contribution is 5.95. The number of anilines is 1. The van der Waals surface area contributed by atoms with Gasteiger partial charge in [-0.05, 0) is 49.3 Å². The first kappa shape index (κ1) is 14.8. The fourth-order valence-electron chi connectivity index (χ4n) is 3.00. The third-order valence-corrected chi connectivity index (χ3v) is 4.16. The molecular weight excluding hydrogens is 257 g/mol. The van der Waals surface area contributed by atoms with Crippen LogP contribution >= 0.6 is 0 Å². The number of ether oxygens (including phenoxy) is 1. The van der Waals surface area contributed by atoms with Crippen LogP contribution in [-0.2, 0) is 4.74 Å². The van der Waals surface area contributed by atoms with Gasteiger partial charge in [0, 0.05) is 11.7 Å². The van der Waals surface area contributed by atoms with Gasteiger partial charge < -0.3 is 10.1 Å². The minimum absolute atomic E-state index is 0.262. The van der Waals surface area contributed by atoms with Gasteiger partial charge in [0.2, 0.25) is 0 Å². The van der Waals surface area contributed by atoms with Gasteiger partial charge in [-0.25, -0.2) is 9.18 Å². The van der Waals surface area contributed by atoms with E-state index >= 15 is 0 Å². The number of halogens is 1. The molecule has 1 saturated carbocycles. The van der Waals surface area contributed by atoms with Gasteiger partial charge in [0.05, 0.1) is 12.7 Å². The van der Waals surface area contributed by atoms with Gasteiger partial charge in [0.15, 0.2) is 0 Å². The van der Waals surface area contributed by atoms with E-state index in [0.717, 1.165) is 12.3 Å². The van der Waals surface area contributed by atoms with Gasteiger partial charge in [-0.15, -0.1) is 0 Å². The number of hydrogen-bond acceptors (Lipinski definition) is 3. The predicted octanol–water partition coefficient (Wildman–Crippen LogP) is 3.85. The summed E-state index contributed by atoms with van der Waals surface area (Å²) in [4.78, 5) is 11.7. The van der Waals surface area contributed by atoms with E-state index in [1.54, 1.807) is 6.07 Å². The van der Waals surface area contributed by atoms with E-state index in [0.29, 0.717) is 17.6 Å². The molecule has 0 radical (unpaired) electrons. The summed E-state index contributed by atoms with van der Waals surface area (Å²) in [6, 6.07) is 4.53. The summed E-state index contributed by atoms with van der Waals surface area (Å²) in [6.45, 7) is 4.49. The van der Waals surface area contributed by atoms with Crippen LogP contribution in [0.15, 0.2) is 18.2 Å². The van der Waals surface area contributed by atoms with Gasteiger partial charge in [-0.2, -0.15) is 0 Å². The van der Waals surface area contributed by atoms with Crippen LogP contribution in [0.5, 0.6) is 0 Å². The molecule has 1 fully saturated rings. The van der Waals surface area contributed by atoms with E-state index in [-0.39, 0.29) is 5.56 Å². The molecular formula is C16H22FNO2.